The maximum atomic E-state index is 12.0. The lowest BCUT2D eigenvalue weighted by Crippen LogP contribution is -2.34. The van der Waals surface area contributed by atoms with Crippen LogP contribution in [0.2, 0.25) is 0 Å². The van der Waals surface area contributed by atoms with Crippen LogP contribution in [0.15, 0.2) is 17.0 Å². The molecule has 106 valence electrons. The second-order valence-electron chi connectivity index (χ2n) is 5.45. The molecule has 1 aromatic carbocycles. The van der Waals surface area contributed by atoms with Crippen LogP contribution in [0.25, 0.3) is 0 Å². The van der Waals surface area contributed by atoms with Gasteiger partial charge in [0.25, 0.3) is 0 Å². The zero-order valence-electron chi connectivity index (χ0n) is 11.7. The van der Waals surface area contributed by atoms with Crippen molar-refractivity contribution in [1.29, 1.82) is 0 Å². The predicted octanol–water partition coefficient (Wildman–Crippen LogP) is 2.14. The lowest BCUT2D eigenvalue weighted by atomic mass is 9.88. The van der Waals surface area contributed by atoms with E-state index in [0.717, 1.165) is 31.2 Å². The van der Waals surface area contributed by atoms with E-state index in [1.165, 1.54) is 6.26 Å². The van der Waals surface area contributed by atoms with Gasteiger partial charge in [0, 0.05) is 11.8 Å². The van der Waals surface area contributed by atoms with E-state index >= 15 is 0 Å². The summed E-state index contributed by atoms with van der Waals surface area (Å²) in [6.45, 7) is 1.84. The quantitative estimate of drug-likeness (QED) is 0.922. The van der Waals surface area contributed by atoms with Gasteiger partial charge in [-0.1, -0.05) is 12.8 Å². The van der Waals surface area contributed by atoms with Crippen molar-refractivity contribution in [3.63, 3.8) is 0 Å². The Morgan fingerprint density at radius 1 is 1.26 bits per heavy atom. The van der Waals surface area contributed by atoms with Crippen molar-refractivity contribution in [1.82, 2.24) is 0 Å². The molecule has 0 saturated heterocycles. The normalized spacial score (nSPS) is 18.5. The van der Waals surface area contributed by atoms with Crippen LogP contribution in [0.1, 0.15) is 36.8 Å². The number of hydrogen-bond acceptors (Lipinski definition) is 4. The van der Waals surface area contributed by atoms with Crippen LogP contribution in [0.4, 0.5) is 0 Å². The van der Waals surface area contributed by atoms with Crippen LogP contribution >= 0.6 is 0 Å². The van der Waals surface area contributed by atoms with Crippen LogP contribution in [-0.2, 0) is 15.4 Å². The van der Waals surface area contributed by atoms with Crippen LogP contribution < -0.4 is 10.5 Å². The van der Waals surface area contributed by atoms with E-state index in [1.807, 2.05) is 6.92 Å². The summed E-state index contributed by atoms with van der Waals surface area (Å²) in [4.78, 5) is 0.343. The molecule has 0 heterocycles. The number of aryl methyl sites for hydroxylation is 1. The Kier molecular flexibility index (Phi) is 3.62. The van der Waals surface area contributed by atoms with Gasteiger partial charge in [-0.2, -0.15) is 0 Å². The van der Waals surface area contributed by atoms with Crippen molar-refractivity contribution in [3.05, 3.63) is 23.3 Å². The van der Waals surface area contributed by atoms with Crippen molar-refractivity contribution in [2.75, 3.05) is 13.4 Å². The molecule has 0 aliphatic heterocycles. The Hall–Kier alpha value is -1.07. The Bertz CT molecular complexity index is 587. The molecule has 0 aromatic heterocycles. The number of hydrogen-bond donors (Lipinski definition) is 1. The molecule has 1 aliphatic carbocycles. The molecule has 4 nitrogen and oxygen atoms in total. The number of rotatable bonds is 3. The summed E-state index contributed by atoms with van der Waals surface area (Å²) in [5.41, 5.74) is 7.41. The monoisotopic (exact) mass is 283 g/mol. The summed E-state index contributed by atoms with van der Waals surface area (Å²) in [6, 6.07) is 3.48. The maximum Gasteiger partial charge on any atom is 0.175 e. The predicted molar refractivity (Wildman–Crippen MR) is 75.2 cm³/mol. The molecule has 1 fully saturated rings. The largest absolute Gasteiger partial charge is 0.496 e. The summed E-state index contributed by atoms with van der Waals surface area (Å²) in [5, 5.41) is 0. The molecule has 0 amide bonds. The van der Waals surface area contributed by atoms with Crippen molar-refractivity contribution in [2.24, 2.45) is 5.73 Å². The smallest absolute Gasteiger partial charge is 0.175 e. The molecule has 2 rings (SSSR count). The van der Waals surface area contributed by atoms with Gasteiger partial charge in [0.1, 0.15) is 5.75 Å². The first-order valence-electron chi connectivity index (χ1n) is 6.46. The first-order valence-corrected chi connectivity index (χ1v) is 8.35. The average molecular weight is 283 g/mol. The Labute approximate surface area is 114 Å². The number of methoxy groups -OCH3 is 1. The molecule has 0 unspecified atom stereocenters. The lowest BCUT2D eigenvalue weighted by Gasteiger charge is -2.27. The molecule has 1 saturated carbocycles. The molecule has 1 aliphatic rings. The summed E-state index contributed by atoms with van der Waals surface area (Å²) in [7, 11) is -1.70. The van der Waals surface area contributed by atoms with Crippen LogP contribution in [-0.4, -0.2) is 21.8 Å². The number of nitrogens with two attached hydrogens (primary N) is 1. The number of ether oxygens (including phenoxy) is 1. The standard InChI is InChI=1S/C14H21NO3S/c1-10-8-13(19(3,16)17)11(9-12(10)18-2)14(15)6-4-5-7-14/h8-9H,4-7,15H2,1-3H3. The molecule has 0 atom stereocenters. The van der Waals surface area contributed by atoms with E-state index in [9.17, 15) is 8.42 Å². The van der Waals surface area contributed by atoms with Crippen molar-refractivity contribution < 1.29 is 13.2 Å². The van der Waals surface area contributed by atoms with Gasteiger partial charge in [-0.25, -0.2) is 8.42 Å². The first-order chi connectivity index (χ1) is 8.78. The van der Waals surface area contributed by atoms with E-state index < -0.39 is 15.4 Å². The minimum absolute atomic E-state index is 0.343. The van der Waals surface area contributed by atoms with Crippen molar-refractivity contribution in [3.8, 4) is 5.75 Å². The highest BCUT2D eigenvalue weighted by atomic mass is 32.2. The molecular formula is C14H21NO3S. The average Bonchev–Trinajstić information content (AvgIpc) is 2.75. The van der Waals surface area contributed by atoms with Crippen molar-refractivity contribution in [2.45, 2.75) is 43.0 Å². The fourth-order valence-electron chi connectivity index (χ4n) is 2.85. The van der Waals surface area contributed by atoms with E-state index in [4.69, 9.17) is 10.5 Å². The van der Waals surface area contributed by atoms with E-state index in [0.29, 0.717) is 16.2 Å². The molecule has 0 spiro atoms. The highest BCUT2D eigenvalue weighted by molar-refractivity contribution is 7.90. The van der Waals surface area contributed by atoms with Crippen LogP contribution in [0.3, 0.4) is 0 Å². The Morgan fingerprint density at radius 2 is 1.84 bits per heavy atom. The first kappa shape index (κ1) is 14.3. The molecular weight excluding hydrogens is 262 g/mol. The van der Waals surface area contributed by atoms with Crippen molar-refractivity contribution >= 4 is 9.84 Å². The lowest BCUT2D eigenvalue weighted by molar-refractivity contribution is 0.402. The zero-order valence-corrected chi connectivity index (χ0v) is 12.5. The number of sulfone groups is 1. The minimum atomic E-state index is -3.29. The second kappa shape index (κ2) is 4.80. The third kappa shape index (κ3) is 2.62. The third-order valence-electron chi connectivity index (χ3n) is 3.93. The Morgan fingerprint density at radius 3 is 2.32 bits per heavy atom. The minimum Gasteiger partial charge on any atom is -0.496 e. The molecule has 2 N–H and O–H groups in total. The summed E-state index contributed by atoms with van der Waals surface area (Å²) in [5.74, 6) is 0.694. The van der Waals surface area contributed by atoms with Gasteiger partial charge in [-0.05, 0) is 43.0 Å². The molecule has 1 aromatic rings. The van der Waals surface area contributed by atoms with E-state index in [2.05, 4.69) is 0 Å². The SMILES string of the molecule is COc1cc(C2(N)CCCC2)c(S(C)(=O)=O)cc1C. The molecule has 0 radical (unpaired) electrons. The fourth-order valence-corrected chi connectivity index (χ4v) is 3.91. The van der Waals surface area contributed by atoms with E-state index in [1.54, 1.807) is 19.2 Å². The third-order valence-corrected chi connectivity index (χ3v) is 5.07. The topological polar surface area (TPSA) is 69.4 Å². The van der Waals surface area contributed by atoms with E-state index in [-0.39, 0.29) is 0 Å². The summed E-state index contributed by atoms with van der Waals surface area (Å²) < 4.78 is 29.3. The van der Waals surface area contributed by atoms with Crippen LogP contribution in [0.5, 0.6) is 5.75 Å². The van der Waals surface area contributed by atoms with Gasteiger partial charge in [-0.15, -0.1) is 0 Å². The Balaban J connectivity index is 2.69. The van der Waals surface area contributed by atoms with Gasteiger partial charge >= 0.3 is 0 Å². The summed E-state index contributed by atoms with van der Waals surface area (Å²) >= 11 is 0. The van der Waals surface area contributed by atoms with Gasteiger partial charge < -0.3 is 10.5 Å². The fraction of sp³-hybridized carbons (Fsp3) is 0.571. The number of benzene rings is 1. The molecule has 0 bridgehead atoms. The van der Waals surface area contributed by atoms with Gasteiger partial charge in [0.15, 0.2) is 9.84 Å². The second-order valence-corrected chi connectivity index (χ2v) is 7.44. The van der Waals surface area contributed by atoms with Gasteiger partial charge in [-0.3, -0.25) is 0 Å². The zero-order chi connectivity index (χ0) is 14.3. The highest BCUT2D eigenvalue weighted by Gasteiger charge is 2.35. The molecule has 19 heavy (non-hydrogen) atoms. The summed E-state index contributed by atoms with van der Waals surface area (Å²) in [6.07, 6.45) is 4.95. The van der Waals surface area contributed by atoms with Crippen LogP contribution in [0, 0.1) is 6.92 Å². The maximum absolute atomic E-state index is 12.0. The van der Waals surface area contributed by atoms with Gasteiger partial charge in [0.2, 0.25) is 0 Å². The molecule has 5 heteroatoms. The highest BCUT2D eigenvalue weighted by Crippen LogP contribution is 2.41. The van der Waals surface area contributed by atoms with Gasteiger partial charge in [0.05, 0.1) is 12.0 Å².